The highest BCUT2D eigenvalue weighted by Crippen LogP contribution is 2.19. The van der Waals surface area contributed by atoms with E-state index in [1.807, 2.05) is 42.2 Å². The summed E-state index contributed by atoms with van der Waals surface area (Å²) >= 11 is 0. The molecule has 0 unspecified atom stereocenters. The summed E-state index contributed by atoms with van der Waals surface area (Å²) in [6.07, 6.45) is 4.91. The lowest BCUT2D eigenvalue weighted by atomic mass is 9.98. The molecule has 1 fully saturated rings. The Morgan fingerprint density at radius 1 is 1.23 bits per heavy atom. The summed E-state index contributed by atoms with van der Waals surface area (Å²) in [5.41, 5.74) is 7.42. The maximum absolute atomic E-state index is 12.6. The molecule has 5 heteroatoms. The number of nitrogens with zero attached hydrogens (tertiary/aromatic N) is 3. The Hall–Kier alpha value is -2.27. The molecular weight excluding hydrogens is 276 g/mol. The molecule has 1 aromatic heterocycles. The molecule has 114 valence electrons. The van der Waals surface area contributed by atoms with Crippen LogP contribution in [-0.4, -0.2) is 39.4 Å². The van der Waals surface area contributed by atoms with Crippen molar-refractivity contribution in [1.82, 2.24) is 14.9 Å². The molecule has 1 aliphatic rings. The summed E-state index contributed by atoms with van der Waals surface area (Å²) in [6.45, 7) is 2.73. The van der Waals surface area contributed by atoms with Crippen LogP contribution in [0.3, 0.4) is 0 Å². The van der Waals surface area contributed by atoms with Crippen molar-refractivity contribution >= 4 is 5.91 Å². The molecule has 0 saturated carbocycles. The highest BCUT2D eigenvalue weighted by Gasteiger charge is 2.28. The number of aromatic nitrogens is 2. The van der Waals surface area contributed by atoms with Crippen LogP contribution in [0.1, 0.15) is 30.1 Å². The van der Waals surface area contributed by atoms with Gasteiger partial charge in [-0.1, -0.05) is 30.3 Å². The van der Waals surface area contributed by atoms with E-state index in [0.717, 1.165) is 18.4 Å². The van der Waals surface area contributed by atoms with E-state index in [1.54, 1.807) is 12.4 Å². The first-order chi connectivity index (χ1) is 10.6. The Morgan fingerprint density at radius 2 is 1.91 bits per heavy atom. The van der Waals surface area contributed by atoms with Gasteiger partial charge in [-0.05, 0) is 19.8 Å². The fraction of sp³-hybridized carbons (Fsp3) is 0.353. The van der Waals surface area contributed by atoms with Crippen molar-refractivity contribution in [3.8, 4) is 11.4 Å². The third kappa shape index (κ3) is 2.99. The molecule has 2 N–H and O–H groups in total. The first-order valence-corrected chi connectivity index (χ1v) is 7.59. The Balaban J connectivity index is 1.77. The van der Waals surface area contributed by atoms with Gasteiger partial charge < -0.3 is 10.6 Å². The fourth-order valence-corrected chi connectivity index (χ4v) is 2.85. The van der Waals surface area contributed by atoms with Crippen LogP contribution in [0.4, 0.5) is 0 Å². The zero-order valence-corrected chi connectivity index (χ0v) is 12.6. The van der Waals surface area contributed by atoms with Gasteiger partial charge in [-0.2, -0.15) is 0 Å². The number of carbonyl (C=O) groups is 1. The van der Waals surface area contributed by atoms with E-state index in [4.69, 9.17) is 5.73 Å². The molecule has 1 saturated heterocycles. The maximum atomic E-state index is 12.6. The Bertz CT molecular complexity index is 641. The topological polar surface area (TPSA) is 72.1 Å². The Labute approximate surface area is 130 Å². The Kier molecular flexibility index (Phi) is 4.15. The highest BCUT2D eigenvalue weighted by molar-refractivity contribution is 5.94. The second kappa shape index (κ2) is 6.23. The van der Waals surface area contributed by atoms with Crippen molar-refractivity contribution in [2.45, 2.75) is 31.8 Å². The minimum Gasteiger partial charge on any atom is -0.336 e. The van der Waals surface area contributed by atoms with Crippen molar-refractivity contribution in [1.29, 1.82) is 0 Å². The molecular formula is C17H20N4O. The van der Waals surface area contributed by atoms with Crippen molar-refractivity contribution in [3.05, 3.63) is 48.3 Å². The van der Waals surface area contributed by atoms with Gasteiger partial charge in [-0.3, -0.25) is 4.79 Å². The normalized spacial score (nSPS) is 21.6. The SMILES string of the molecule is C[C@H]1C[C@@H](N)CCN1C(=O)c1cnc(-c2ccccc2)nc1. The number of piperidine rings is 1. The van der Waals surface area contributed by atoms with E-state index in [0.29, 0.717) is 17.9 Å². The summed E-state index contributed by atoms with van der Waals surface area (Å²) in [5.74, 6) is 0.616. The van der Waals surface area contributed by atoms with Gasteiger partial charge in [0.15, 0.2) is 5.82 Å². The van der Waals surface area contributed by atoms with Crippen LogP contribution < -0.4 is 5.73 Å². The largest absolute Gasteiger partial charge is 0.336 e. The third-order valence-corrected chi connectivity index (χ3v) is 4.11. The van der Waals surface area contributed by atoms with Gasteiger partial charge in [-0.15, -0.1) is 0 Å². The summed E-state index contributed by atoms with van der Waals surface area (Å²) < 4.78 is 0. The van der Waals surface area contributed by atoms with Crippen LogP contribution in [0.15, 0.2) is 42.7 Å². The zero-order chi connectivity index (χ0) is 15.5. The summed E-state index contributed by atoms with van der Waals surface area (Å²) in [7, 11) is 0. The minimum absolute atomic E-state index is 0.0148. The van der Waals surface area contributed by atoms with Crippen LogP contribution in [0.25, 0.3) is 11.4 Å². The second-order valence-corrected chi connectivity index (χ2v) is 5.79. The van der Waals surface area contributed by atoms with E-state index < -0.39 is 0 Å². The van der Waals surface area contributed by atoms with Gasteiger partial charge in [0.1, 0.15) is 0 Å². The van der Waals surface area contributed by atoms with Crippen molar-refractivity contribution < 1.29 is 4.79 Å². The summed E-state index contributed by atoms with van der Waals surface area (Å²) in [5, 5.41) is 0. The molecule has 3 rings (SSSR count). The average Bonchev–Trinajstić information content (AvgIpc) is 2.55. The van der Waals surface area contributed by atoms with E-state index in [2.05, 4.69) is 9.97 Å². The molecule has 1 amide bonds. The molecule has 2 atom stereocenters. The monoisotopic (exact) mass is 296 g/mol. The molecule has 1 aliphatic heterocycles. The van der Waals surface area contributed by atoms with Gasteiger partial charge in [0.25, 0.3) is 5.91 Å². The second-order valence-electron chi connectivity index (χ2n) is 5.79. The van der Waals surface area contributed by atoms with Gasteiger partial charge in [0.2, 0.25) is 0 Å². The molecule has 0 aliphatic carbocycles. The molecule has 2 heterocycles. The number of benzene rings is 1. The lowest BCUT2D eigenvalue weighted by Crippen LogP contribution is -2.48. The van der Waals surface area contributed by atoms with Gasteiger partial charge >= 0.3 is 0 Å². The predicted octanol–water partition coefficient (Wildman–Crippen LogP) is 2.10. The van der Waals surface area contributed by atoms with Crippen LogP contribution in [-0.2, 0) is 0 Å². The van der Waals surface area contributed by atoms with Crippen LogP contribution in [0.5, 0.6) is 0 Å². The van der Waals surface area contributed by atoms with Gasteiger partial charge in [-0.25, -0.2) is 9.97 Å². The number of hydrogen-bond acceptors (Lipinski definition) is 4. The predicted molar refractivity (Wildman–Crippen MR) is 85.2 cm³/mol. The number of likely N-dealkylation sites (tertiary alicyclic amines) is 1. The highest BCUT2D eigenvalue weighted by atomic mass is 16.2. The molecule has 22 heavy (non-hydrogen) atoms. The molecule has 0 spiro atoms. The molecule has 0 bridgehead atoms. The van der Waals surface area contributed by atoms with E-state index in [-0.39, 0.29) is 18.0 Å². The van der Waals surface area contributed by atoms with E-state index >= 15 is 0 Å². The molecule has 2 aromatic rings. The lowest BCUT2D eigenvalue weighted by Gasteiger charge is -2.36. The Morgan fingerprint density at radius 3 is 2.55 bits per heavy atom. The molecule has 0 radical (unpaired) electrons. The van der Waals surface area contributed by atoms with Crippen molar-refractivity contribution in [3.63, 3.8) is 0 Å². The number of rotatable bonds is 2. The maximum Gasteiger partial charge on any atom is 0.257 e. The number of hydrogen-bond donors (Lipinski definition) is 1. The lowest BCUT2D eigenvalue weighted by molar-refractivity contribution is 0.0618. The zero-order valence-electron chi connectivity index (χ0n) is 12.6. The van der Waals surface area contributed by atoms with E-state index in [1.165, 1.54) is 0 Å². The van der Waals surface area contributed by atoms with Gasteiger partial charge in [0.05, 0.1) is 5.56 Å². The third-order valence-electron chi connectivity index (χ3n) is 4.11. The minimum atomic E-state index is -0.0148. The van der Waals surface area contributed by atoms with Crippen molar-refractivity contribution in [2.75, 3.05) is 6.54 Å². The quantitative estimate of drug-likeness (QED) is 0.921. The first-order valence-electron chi connectivity index (χ1n) is 7.59. The van der Waals surface area contributed by atoms with Crippen molar-refractivity contribution in [2.24, 2.45) is 5.73 Å². The standard InChI is InChI=1S/C17H20N4O/c1-12-9-15(18)7-8-21(12)17(22)14-10-19-16(20-11-14)13-5-3-2-4-6-13/h2-6,10-12,15H,7-9,18H2,1H3/t12-,15-/m0/s1. The first kappa shape index (κ1) is 14.7. The van der Waals surface area contributed by atoms with Crippen LogP contribution in [0.2, 0.25) is 0 Å². The van der Waals surface area contributed by atoms with Crippen LogP contribution >= 0.6 is 0 Å². The van der Waals surface area contributed by atoms with E-state index in [9.17, 15) is 4.79 Å². The summed E-state index contributed by atoms with van der Waals surface area (Å²) in [6, 6.07) is 10.1. The smallest absolute Gasteiger partial charge is 0.257 e. The average molecular weight is 296 g/mol. The fourth-order valence-electron chi connectivity index (χ4n) is 2.85. The van der Waals surface area contributed by atoms with Gasteiger partial charge in [0, 0.05) is 36.6 Å². The number of amides is 1. The number of nitrogens with two attached hydrogens (primary N) is 1. The molecule has 1 aromatic carbocycles. The molecule has 5 nitrogen and oxygen atoms in total. The number of carbonyl (C=O) groups excluding carboxylic acids is 1. The van der Waals surface area contributed by atoms with Crippen LogP contribution in [0, 0.1) is 0 Å². The summed E-state index contributed by atoms with van der Waals surface area (Å²) in [4.78, 5) is 23.1.